The molecule has 1 atom stereocenters. The summed E-state index contributed by atoms with van der Waals surface area (Å²) < 4.78 is 7.07. The van der Waals surface area contributed by atoms with Crippen LogP contribution in [0.25, 0.3) is 11.5 Å². The highest BCUT2D eigenvalue weighted by atomic mass is 35.5. The standard InChI is InChI=1S/C16H10ClN7O2/c17-9-5-2-1-4-8(9)14-11-12(10-6-3-7-26-10)19-20-15(25)13(11)18-16-21-22-23-24(14)16/h1-7,14H,(H,20,25)(H,18,21,23). The Bertz CT molecular complexity index is 1170. The average molecular weight is 368 g/mol. The summed E-state index contributed by atoms with van der Waals surface area (Å²) in [4.78, 5) is 12.5. The predicted octanol–water partition coefficient (Wildman–Crippen LogP) is 2.36. The van der Waals surface area contributed by atoms with Crippen molar-refractivity contribution in [1.29, 1.82) is 0 Å². The number of rotatable bonds is 2. The van der Waals surface area contributed by atoms with E-state index in [1.54, 1.807) is 22.9 Å². The highest BCUT2D eigenvalue weighted by Crippen LogP contribution is 2.42. The van der Waals surface area contributed by atoms with E-state index in [0.29, 0.717) is 33.7 Å². The van der Waals surface area contributed by atoms with Crippen molar-refractivity contribution >= 4 is 23.2 Å². The lowest BCUT2D eigenvalue weighted by Gasteiger charge is -2.27. The Morgan fingerprint density at radius 1 is 1.19 bits per heavy atom. The monoisotopic (exact) mass is 367 g/mol. The van der Waals surface area contributed by atoms with Crippen LogP contribution < -0.4 is 10.9 Å². The van der Waals surface area contributed by atoms with Crippen LogP contribution in [0.3, 0.4) is 0 Å². The number of hydrogen-bond donors (Lipinski definition) is 2. The maximum absolute atomic E-state index is 12.5. The van der Waals surface area contributed by atoms with Crippen LogP contribution in [0.1, 0.15) is 17.2 Å². The van der Waals surface area contributed by atoms with E-state index in [2.05, 4.69) is 31.0 Å². The maximum atomic E-state index is 12.5. The summed E-state index contributed by atoms with van der Waals surface area (Å²) in [7, 11) is 0. The second kappa shape index (κ2) is 5.53. The second-order valence-corrected chi connectivity index (χ2v) is 6.07. The van der Waals surface area contributed by atoms with Crippen LogP contribution in [0, 0.1) is 0 Å². The molecule has 0 saturated carbocycles. The Hall–Kier alpha value is -3.46. The van der Waals surface area contributed by atoms with Gasteiger partial charge in [-0.05, 0) is 28.6 Å². The van der Waals surface area contributed by atoms with Crippen molar-refractivity contribution in [2.75, 3.05) is 5.32 Å². The molecule has 0 radical (unpaired) electrons. The SMILES string of the molecule is O=c1[nH]nc(-c2ccco2)c2c1Nc1nnnn1C2c1ccccc1Cl. The van der Waals surface area contributed by atoms with Gasteiger partial charge in [-0.2, -0.15) is 9.78 Å². The van der Waals surface area contributed by atoms with E-state index in [4.69, 9.17) is 16.0 Å². The van der Waals surface area contributed by atoms with Crippen LogP contribution in [0.4, 0.5) is 11.6 Å². The molecule has 1 aliphatic heterocycles. The normalized spacial score (nSPS) is 15.2. The van der Waals surface area contributed by atoms with E-state index in [-0.39, 0.29) is 5.56 Å². The number of anilines is 2. The van der Waals surface area contributed by atoms with Gasteiger partial charge < -0.3 is 9.73 Å². The Labute approximate surface area is 150 Å². The van der Waals surface area contributed by atoms with Gasteiger partial charge in [-0.1, -0.05) is 34.9 Å². The van der Waals surface area contributed by atoms with Crippen molar-refractivity contribution in [3.05, 3.63) is 69.2 Å². The van der Waals surface area contributed by atoms with Crippen LogP contribution in [0.15, 0.2) is 51.9 Å². The van der Waals surface area contributed by atoms with Gasteiger partial charge in [0, 0.05) is 16.1 Å². The minimum Gasteiger partial charge on any atom is -0.463 e. The molecule has 0 fully saturated rings. The van der Waals surface area contributed by atoms with Crippen LogP contribution in [0.5, 0.6) is 0 Å². The van der Waals surface area contributed by atoms with Gasteiger partial charge in [-0.15, -0.1) is 0 Å². The predicted molar refractivity (Wildman–Crippen MR) is 92.4 cm³/mol. The molecule has 0 amide bonds. The lowest BCUT2D eigenvalue weighted by molar-refractivity contribution is 0.554. The molecular formula is C16H10ClN7O2. The van der Waals surface area contributed by atoms with E-state index < -0.39 is 6.04 Å². The number of H-pyrrole nitrogens is 1. The van der Waals surface area contributed by atoms with Crippen molar-refractivity contribution in [3.8, 4) is 11.5 Å². The smallest absolute Gasteiger partial charge is 0.288 e. The summed E-state index contributed by atoms with van der Waals surface area (Å²) >= 11 is 6.44. The van der Waals surface area contributed by atoms with Crippen molar-refractivity contribution in [1.82, 2.24) is 30.4 Å². The number of benzene rings is 1. The Balaban J connectivity index is 1.87. The summed E-state index contributed by atoms with van der Waals surface area (Å²) in [5.74, 6) is 0.845. The maximum Gasteiger partial charge on any atom is 0.288 e. The third-order valence-electron chi connectivity index (χ3n) is 4.22. The van der Waals surface area contributed by atoms with Crippen molar-refractivity contribution in [2.24, 2.45) is 0 Å². The summed E-state index contributed by atoms with van der Waals surface area (Å²) in [5.41, 5.74) is 1.71. The fourth-order valence-electron chi connectivity index (χ4n) is 3.12. The molecule has 1 aromatic carbocycles. The zero-order chi connectivity index (χ0) is 17.7. The number of fused-ring (bicyclic) bond motifs is 2. The molecule has 0 aliphatic carbocycles. The van der Waals surface area contributed by atoms with Gasteiger partial charge in [-0.3, -0.25) is 4.79 Å². The molecule has 2 N–H and O–H groups in total. The molecule has 10 heteroatoms. The molecule has 128 valence electrons. The number of aromatic amines is 1. The van der Waals surface area contributed by atoms with E-state index >= 15 is 0 Å². The fraction of sp³-hybridized carbons (Fsp3) is 0.0625. The topological polar surface area (TPSA) is 115 Å². The second-order valence-electron chi connectivity index (χ2n) is 5.66. The third kappa shape index (κ3) is 2.07. The van der Waals surface area contributed by atoms with E-state index in [1.807, 2.05) is 18.2 Å². The molecular weight excluding hydrogens is 358 g/mol. The van der Waals surface area contributed by atoms with Gasteiger partial charge in [-0.25, -0.2) is 5.10 Å². The number of halogens is 1. The quantitative estimate of drug-likeness (QED) is 0.492. The van der Waals surface area contributed by atoms with Gasteiger partial charge >= 0.3 is 0 Å². The van der Waals surface area contributed by atoms with Gasteiger partial charge in [0.05, 0.1) is 6.26 Å². The molecule has 1 aliphatic rings. The minimum absolute atomic E-state index is 0.304. The van der Waals surface area contributed by atoms with E-state index in [0.717, 1.165) is 5.56 Å². The first-order chi connectivity index (χ1) is 12.7. The Morgan fingerprint density at radius 3 is 2.88 bits per heavy atom. The largest absolute Gasteiger partial charge is 0.463 e. The van der Waals surface area contributed by atoms with Gasteiger partial charge in [0.25, 0.3) is 5.56 Å². The first-order valence-electron chi connectivity index (χ1n) is 7.70. The number of hydrogen-bond acceptors (Lipinski definition) is 7. The Kier molecular flexibility index (Phi) is 3.16. The van der Waals surface area contributed by atoms with Gasteiger partial charge in [0.15, 0.2) is 5.76 Å². The minimum atomic E-state index is -0.542. The first kappa shape index (κ1) is 14.8. The molecule has 9 nitrogen and oxygen atoms in total. The van der Waals surface area contributed by atoms with Gasteiger partial charge in [0.2, 0.25) is 5.95 Å². The van der Waals surface area contributed by atoms with E-state index in [9.17, 15) is 4.79 Å². The first-order valence-corrected chi connectivity index (χ1v) is 8.07. The highest BCUT2D eigenvalue weighted by molar-refractivity contribution is 6.31. The molecule has 5 rings (SSSR count). The molecule has 3 aromatic heterocycles. The van der Waals surface area contributed by atoms with Crippen molar-refractivity contribution < 1.29 is 4.42 Å². The summed E-state index contributed by atoms with van der Waals surface area (Å²) in [6, 6.07) is 10.3. The molecule has 4 heterocycles. The van der Waals surface area contributed by atoms with Crippen LogP contribution in [-0.4, -0.2) is 30.4 Å². The number of nitrogens with one attached hydrogen (secondary N) is 2. The zero-order valence-electron chi connectivity index (χ0n) is 13.0. The summed E-state index contributed by atoms with van der Waals surface area (Å²) in [5, 5.41) is 21.9. The molecule has 26 heavy (non-hydrogen) atoms. The molecule has 0 saturated heterocycles. The van der Waals surface area contributed by atoms with Crippen LogP contribution in [0.2, 0.25) is 5.02 Å². The highest BCUT2D eigenvalue weighted by Gasteiger charge is 2.35. The fourth-order valence-corrected chi connectivity index (χ4v) is 3.36. The Morgan fingerprint density at radius 2 is 2.08 bits per heavy atom. The summed E-state index contributed by atoms with van der Waals surface area (Å²) in [6.45, 7) is 0. The lowest BCUT2D eigenvalue weighted by atomic mass is 9.94. The van der Waals surface area contributed by atoms with Crippen molar-refractivity contribution in [2.45, 2.75) is 6.04 Å². The van der Waals surface area contributed by atoms with Crippen molar-refractivity contribution in [3.63, 3.8) is 0 Å². The molecule has 0 spiro atoms. The number of nitrogens with zero attached hydrogens (tertiary/aromatic N) is 5. The lowest BCUT2D eigenvalue weighted by Crippen LogP contribution is -2.29. The van der Waals surface area contributed by atoms with Crippen LogP contribution in [-0.2, 0) is 0 Å². The number of aromatic nitrogens is 6. The van der Waals surface area contributed by atoms with Crippen LogP contribution >= 0.6 is 11.6 Å². The molecule has 1 unspecified atom stereocenters. The molecule has 4 aromatic rings. The molecule has 0 bridgehead atoms. The number of furan rings is 1. The average Bonchev–Trinajstić information content (AvgIpc) is 3.33. The third-order valence-corrected chi connectivity index (χ3v) is 4.57. The zero-order valence-corrected chi connectivity index (χ0v) is 13.8. The summed E-state index contributed by atoms with van der Waals surface area (Å²) in [6.07, 6.45) is 1.54. The number of tetrazole rings is 1. The van der Waals surface area contributed by atoms with Gasteiger partial charge in [0.1, 0.15) is 17.4 Å². The van der Waals surface area contributed by atoms with E-state index in [1.165, 1.54) is 6.26 Å².